The highest BCUT2D eigenvalue weighted by atomic mass is 16.3. The molecule has 0 saturated heterocycles. The molecule has 24 heavy (non-hydrogen) atoms. The van der Waals surface area contributed by atoms with Crippen molar-refractivity contribution in [3.05, 3.63) is 71.3 Å². The van der Waals surface area contributed by atoms with Gasteiger partial charge < -0.3 is 15.7 Å². The summed E-state index contributed by atoms with van der Waals surface area (Å²) in [6, 6.07) is 15.8. The van der Waals surface area contributed by atoms with E-state index >= 15 is 0 Å². The quantitative estimate of drug-likeness (QED) is 0.730. The van der Waals surface area contributed by atoms with Crippen LogP contribution in [0.15, 0.2) is 54.6 Å². The van der Waals surface area contributed by atoms with Crippen LogP contribution in [0.3, 0.4) is 0 Å². The van der Waals surface area contributed by atoms with E-state index in [1.54, 1.807) is 42.5 Å². The van der Waals surface area contributed by atoms with Gasteiger partial charge in [0.1, 0.15) is 0 Å². The zero-order valence-corrected chi connectivity index (χ0v) is 13.7. The molecule has 0 heterocycles. The van der Waals surface area contributed by atoms with Gasteiger partial charge in [-0.2, -0.15) is 0 Å². The van der Waals surface area contributed by atoms with E-state index in [0.717, 1.165) is 12.0 Å². The standard InChI is InChI=1S/C19H22N2O3/c1-2-11-20-18(23)16-10-6-7-14(12-16)13-21-19(24)17(22)15-8-4-3-5-9-15/h3-10,12,17,22H,2,11,13H2,1H3,(H,20,23)(H,21,24). The summed E-state index contributed by atoms with van der Waals surface area (Å²) in [5.74, 6) is -0.601. The first kappa shape index (κ1) is 17.7. The Labute approximate surface area is 141 Å². The Morgan fingerprint density at radius 2 is 1.79 bits per heavy atom. The second-order valence-corrected chi connectivity index (χ2v) is 5.49. The van der Waals surface area contributed by atoms with Gasteiger partial charge in [-0.1, -0.05) is 49.4 Å². The predicted molar refractivity (Wildman–Crippen MR) is 92.3 cm³/mol. The molecule has 126 valence electrons. The summed E-state index contributed by atoms with van der Waals surface area (Å²) in [5.41, 5.74) is 1.90. The Morgan fingerprint density at radius 1 is 1.04 bits per heavy atom. The molecule has 2 rings (SSSR count). The largest absolute Gasteiger partial charge is 0.378 e. The number of aliphatic hydroxyl groups excluding tert-OH is 1. The van der Waals surface area contributed by atoms with Crippen molar-refractivity contribution >= 4 is 11.8 Å². The fraction of sp³-hybridized carbons (Fsp3) is 0.263. The third-order valence-corrected chi connectivity index (χ3v) is 3.56. The number of hydrogen-bond acceptors (Lipinski definition) is 3. The van der Waals surface area contributed by atoms with Crippen LogP contribution in [0.5, 0.6) is 0 Å². The zero-order valence-electron chi connectivity index (χ0n) is 13.7. The number of hydrogen-bond donors (Lipinski definition) is 3. The van der Waals surface area contributed by atoms with Crippen LogP contribution in [0.1, 0.15) is 40.9 Å². The van der Waals surface area contributed by atoms with Gasteiger partial charge in [-0.25, -0.2) is 0 Å². The number of aliphatic hydroxyl groups is 1. The van der Waals surface area contributed by atoms with Gasteiger partial charge >= 0.3 is 0 Å². The van der Waals surface area contributed by atoms with Gasteiger partial charge in [0.2, 0.25) is 0 Å². The molecule has 0 bridgehead atoms. The van der Waals surface area contributed by atoms with E-state index in [2.05, 4.69) is 10.6 Å². The van der Waals surface area contributed by atoms with Crippen LogP contribution in [0.25, 0.3) is 0 Å². The van der Waals surface area contributed by atoms with Gasteiger partial charge in [0.05, 0.1) is 0 Å². The van der Waals surface area contributed by atoms with Crippen LogP contribution in [0.4, 0.5) is 0 Å². The van der Waals surface area contributed by atoms with Crippen LogP contribution in [0.2, 0.25) is 0 Å². The third-order valence-electron chi connectivity index (χ3n) is 3.56. The lowest BCUT2D eigenvalue weighted by molar-refractivity contribution is -0.129. The maximum atomic E-state index is 12.0. The van der Waals surface area contributed by atoms with Gasteiger partial charge in [-0.3, -0.25) is 9.59 Å². The van der Waals surface area contributed by atoms with Crippen LogP contribution >= 0.6 is 0 Å². The van der Waals surface area contributed by atoms with E-state index in [1.165, 1.54) is 0 Å². The van der Waals surface area contributed by atoms with Crippen molar-refractivity contribution in [2.45, 2.75) is 26.0 Å². The van der Waals surface area contributed by atoms with Gasteiger partial charge in [0.15, 0.2) is 6.10 Å². The molecular formula is C19H22N2O3. The minimum Gasteiger partial charge on any atom is -0.378 e. The van der Waals surface area contributed by atoms with Crippen LogP contribution < -0.4 is 10.6 Å². The second-order valence-electron chi connectivity index (χ2n) is 5.49. The second kappa shape index (κ2) is 8.84. The summed E-state index contributed by atoms with van der Waals surface area (Å²) in [6.07, 6.45) is -0.332. The lowest BCUT2D eigenvalue weighted by Gasteiger charge is -2.12. The zero-order chi connectivity index (χ0) is 17.4. The average Bonchev–Trinajstić information content (AvgIpc) is 2.64. The Bertz CT molecular complexity index is 686. The molecule has 0 saturated carbocycles. The summed E-state index contributed by atoms with van der Waals surface area (Å²) in [7, 11) is 0. The molecule has 3 N–H and O–H groups in total. The highest BCUT2D eigenvalue weighted by molar-refractivity contribution is 5.94. The minimum atomic E-state index is -1.21. The highest BCUT2D eigenvalue weighted by Crippen LogP contribution is 2.12. The molecule has 5 heteroatoms. The molecule has 1 unspecified atom stereocenters. The third kappa shape index (κ3) is 4.93. The number of benzene rings is 2. The first-order chi connectivity index (χ1) is 11.6. The summed E-state index contributed by atoms with van der Waals surface area (Å²) in [5, 5.41) is 15.5. The summed E-state index contributed by atoms with van der Waals surface area (Å²) >= 11 is 0. The molecule has 5 nitrogen and oxygen atoms in total. The first-order valence-electron chi connectivity index (χ1n) is 7.99. The maximum Gasteiger partial charge on any atom is 0.253 e. The minimum absolute atomic E-state index is 0.130. The topological polar surface area (TPSA) is 78.4 Å². The highest BCUT2D eigenvalue weighted by Gasteiger charge is 2.16. The molecule has 1 atom stereocenters. The Balaban J connectivity index is 1.94. The van der Waals surface area contributed by atoms with Crippen LogP contribution in [-0.2, 0) is 11.3 Å². The molecule has 0 fully saturated rings. The van der Waals surface area contributed by atoms with E-state index in [1.807, 2.05) is 19.1 Å². The van der Waals surface area contributed by atoms with E-state index < -0.39 is 12.0 Å². The van der Waals surface area contributed by atoms with E-state index in [4.69, 9.17) is 0 Å². The van der Waals surface area contributed by atoms with Crippen LogP contribution in [-0.4, -0.2) is 23.5 Å². The lowest BCUT2D eigenvalue weighted by Crippen LogP contribution is -2.29. The molecule has 0 radical (unpaired) electrons. The average molecular weight is 326 g/mol. The van der Waals surface area contributed by atoms with Crippen molar-refractivity contribution in [3.63, 3.8) is 0 Å². The number of nitrogens with one attached hydrogen (secondary N) is 2. The monoisotopic (exact) mass is 326 g/mol. The van der Waals surface area contributed by atoms with Crippen molar-refractivity contribution in [2.75, 3.05) is 6.54 Å². The molecule has 0 aromatic heterocycles. The van der Waals surface area contributed by atoms with Crippen molar-refractivity contribution in [2.24, 2.45) is 0 Å². The van der Waals surface area contributed by atoms with Gasteiger partial charge in [0.25, 0.3) is 11.8 Å². The molecule has 2 amide bonds. The van der Waals surface area contributed by atoms with Gasteiger partial charge in [-0.15, -0.1) is 0 Å². The molecule has 0 aliphatic rings. The van der Waals surface area contributed by atoms with Crippen molar-refractivity contribution in [1.82, 2.24) is 10.6 Å². The molecular weight excluding hydrogens is 304 g/mol. The predicted octanol–water partition coefficient (Wildman–Crippen LogP) is 2.18. The fourth-order valence-corrected chi connectivity index (χ4v) is 2.24. The SMILES string of the molecule is CCCNC(=O)c1cccc(CNC(=O)C(O)c2ccccc2)c1. The van der Waals surface area contributed by atoms with E-state index in [-0.39, 0.29) is 12.5 Å². The molecule has 0 spiro atoms. The fourth-order valence-electron chi connectivity index (χ4n) is 2.24. The normalized spacial score (nSPS) is 11.6. The maximum absolute atomic E-state index is 12.0. The van der Waals surface area contributed by atoms with Crippen LogP contribution in [0, 0.1) is 0 Å². The Kier molecular flexibility index (Phi) is 6.51. The smallest absolute Gasteiger partial charge is 0.253 e. The molecule has 0 aliphatic carbocycles. The van der Waals surface area contributed by atoms with Gasteiger partial charge in [0, 0.05) is 18.7 Å². The molecule has 2 aromatic rings. The molecule has 2 aromatic carbocycles. The lowest BCUT2D eigenvalue weighted by atomic mass is 10.1. The first-order valence-corrected chi connectivity index (χ1v) is 7.99. The van der Waals surface area contributed by atoms with Gasteiger partial charge in [-0.05, 0) is 29.7 Å². The number of carbonyl (C=O) groups excluding carboxylic acids is 2. The summed E-state index contributed by atoms with van der Waals surface area (Å²) < 4.78 is 0. The van der Waals surface area contributed by atoms with E-state index in [0.29, 0.717) is 17.7 Å². The Hall–Kier alpha value is -2.66. The summed E-state index contributed by atoms with van der Waals surface area (Å²) in [6.45, 7) is 2.87. The van der Waals surface area contributed by atoms with E-state index in [9.17, 15) is 14.7 Å². The number of amides is 2. The van der Waals surface area contributed by atoms with Crippen molar-refractivity contribution in [3.8, 4) is 0 Å². The van der Waals surface area contributed by atoms with Crippen molar-refractivity contribution in [1.29, 1.82) is 0 Å². The Morgan fingerprint density at radius 3 is 2.50 bits per heavy atom. The molecule has 0 aliphatic heterocycles. The number of rotatable bonds is 7. The number of carbonyl (C=O) groups is 2. The summed E-state index contributed by atoms with van der Waals surface area (Å²) in [4.78, 5) is 24.0. The van der Waals surface area contributed by atoms with Crippen molar-refractivity contribution < 1.29 is 14.7 Å².